The first-order valence-corrected chi connectivity index (χ1v) is 6.04. The summed E-state index contributed by atoms with van der Waals surface area (Å²) in [5.41, 5.74) is 1.38. The Bertz CT molecular complexity index is 594. The lowest BCUT2D eigenvalue weighted by atomic mass is 10.2. The third-order valence-electron chi connectivity index (χ3n) is 2.46. The third-order valence-corrected chi connectivity index (χ3v) is 3.22. The second kappa shape index (κ2) is 5.42. The molecule has 2 aromatic carbocycles. The van der Waals surface area contributed by atoms with Gasteiger partial charge >= 0.3 is 0 Å². The van der Waals surface area contributed by atoms with Gasteiger partial charge in [0, 0.05) is 16.7 Å². The van der Waals surface area contributed by atoms with Crippen LogP contribution in [0.4, 0.5) is 0 Å². The van der Waals surface area contributed by atoms with E-state index in [9.17, 15) is 4.79 Å². The standard InChI is InChI=1S/C14H10Cl2O2/c1-9-6-11(4-5-13(9)15)18-12-3-2-10(8-17)14(16)7-12/h2-8H,1H3. The molecule has 0 radical (unpaired) electrons. The van der Waals surface area contributed by atoms with E-state index in [-0.39, 0.29) is 0 Å². The molecule has 0 atom stereocenters. The highest BCUT2D eigenvalue weighted by Gasteiger charge is 2.04. The summed E-state index contributed by atoms with van der Waals surface area (Å²) in [6.45, 7) is 1.90. The van der Waals surface area contributed by atoms with Crippen LogP contribution in [0.1, 0.15) is 15.9 Å². The molecule has 0 bridgehead atoms. The lowest BCUT2D eigenvalue weighted by Crippen LogP contribution is -1.88. The number of aldehydes is 1. The maximum absolute atomic E-state index is 10.6. The predicted octanol–water partition coefficient (Wildman–Crippen LogP) is 4.91. The fraction of sp³-hybridized carbons (Fsp3) is 0.0714. The van der Waals surface area contributed by atoms with Crippen LogP contribution in [-0.4, -0.2) is 6.29 Å². The minimum absolute atomic E-state index is 0.369. The SMILES string of the molecule is Cc1cc(Oc2ccc(C=O)c(Cl)c2)ccc1Cl. The number of ether oxygens (including phenoxy) is 1. The molecule has 0 unspecified atom stereocenters. The van der Waals surface area contributed by atoms with E-state index in [0.29, 0.717) is 33.4 Å². The fourth-order valence-corrected chi connectivity index (χ4v) is 1.82. The topological polar surface area (TPSA) is 26.3 Å². The Kier molecular flexibility index (Phi) is 3.90. The maximum Gasteiger partial charge on any atom is 0.151 e. The van der Waals surface area contributed by atoms with Gasteiger partial charge in [-0.1, -0.05) is 23.2 Å². The summed E-state index contributed by atoms with van der Waals surface area (Å²) in [5.74, 6) is 1.25. The molecule has 92 valence electrons. The molecular weight excluding hydrogens is 271 g/mol. The first-order valence-electron chi connectivity index (χ1n) is 5.29. The molecule has 4 heteroatoms. The van der Waals surface area contributed by atoms with Crippen LogP contribution in [0.15, 0.2) is 36.4 Å². The van der Waals surface area contributed by atoms with Crippen LogP contribution in [0, 0.1) is 6.92 Å². The number of carbonyl (C=O) groups is 1. The minimum Gasteiger partial charge on any atom is -0.457 e. The van der Waals surface area contributed by atoms with E-state index >= 15 is 0 Å². The lowest BCUT2D eigenvalue weighted by molar-refractivity contribution is 0.112. The molecule has 0 saturated carbocycles. The van der Waals surface area contributed by atoms with Crippen LogP contribution in [0.5, 0.6) is 11.5 Å². The lowest BCUT2D eigenvalue weighted by Gasteiger charge is -2.08. The van der Waals surface area contributed by atoms with Gasteiger partial charge < -0.3 is 4.74 Å². The highest BCUT2D eigenvalue weighted by molar-refractivity contribution is 6.33. The third kappa shape index (κ3) is 2.84. The van der Waals surface area contributed by atoms with Crippen LogP contribution in [0.2, 0.25) is 10.0 Å². The van der Waals surface area contributed by atoms with E-state index < -0.39 is 0 Å². The number of halogens is 2. The van der Waals surface area contributed by atoms with Gasteiger partial charge in [0.1, 0.15) is 11.5 Å². The molecule has 0 heterocycles. The van der Waals surface area contributed by atoms with Gasteiger partial charge in [-0.2, -0.15) is 0 Å². The smallest absolute Gasteiger partial charge is 0.151 e. The number of benzene rings is 2. The van der Waals surface area contributed by atoms with Gasteiger partial charge in [0.05, 0.1) is 5.02 Å². The van der Waals surface area contributed by atoms with Crippen molar-refractivity contribution in [2.45, 2.75) is 6.92 Å². The molecule has 0 spiro atoms. The summed E-state index contributed by atoms with van der Waals surface area (Å²) in [5, 5.41) is 1.06. The Morgan fingerprint density at radius 2 is 1.67 bits per heavy atom. The Morgan fingerprint density at radius 1 is 1.00 bits per heavy atom. The Labute approximate surface area is 115 Å². The number of aryl methyl sites for hydroxylation is 1. The molecule has 2 aromatic rings. The molecule has 0 saturated heterocycles. The summed E-state index contributed by atoms with van der Waals surface area (Å²) in [6, 6.07) is 10.3. The molecule has 0 fully saturated rings. The van der Waals surface area contributed by atoms with Crippen LogP contribution in [0.25, 0.3) is 0 Å². The van der Waals surface area contributed by atoms with Gasteiger partial charge in [0.2, 0.25) is 0 Å². The zero-order chi connectivity index (χ0) is 13.1. The monoisotopic (exact) mass is 280 g/mol. The number of carbonyl (C=O) groups excluding carboxylic acids is 1. The van der Waals surface area contributed by atoms with E-state index in [0.717, 1.165) is 5.56 Å². The summed E-state index contributed by atoms with van der Waals surface area (Å²) < 4.78 is 5.64. The fourth-order valence-electron chi connectivity index (χ4n) is 1.48. The second-order valence-electron chi connectivity index (χ2n) is 3.81. The molecule has 0 aromatic heterocycles. The molecule has 0 amide bonds. The van der Waals surface area contributed by atoms with Gasteiger partial charge in [0.25, 0.3) is 0 Å². The van der Waals surface area contributed by atoms with Crippen molar-refractivity contribution >= 4 is 29.5 Å². The zero-order valence-electron chi connectivity index (χ0n) is 9.61. The van der Waals surface area contributed by atoms with Crippen LogP contribution in [0.3, 0.4) is 0 Å². The highest BCUT2D eigenvalue weighted by Crippen LogP contribution is 2.28. The van der Waals surface area contributed by atoms with Crippen molar-refractivity contribution in [3.8, 4) is 11.5 Å². The Balaban J connectivity index is 2.25. The average molecular weight is 281 g/mol. The van der Waals surface area contributed by atoms with Crippen LogP contribution >= 0.6 is 23.2 Å². The molecular formula is C14H10Cl2O2. The largest absolute Gasteiger partial charge is 0.457 e. The summed E-state index contributed by atoms with van der Waals surface area (Å²) in [6.07, 6.45) is 0.707. The molecule has 0 N–H and O–H groups in total. The van der Waals surface area contributed by atoms with Gasteiger partial charge in [-0.15, -0.1) is 0 Å². The number of hydrogen-bond acceptors (Lipinski definition) is 2. The molecule has 2 nitrogen and oxygen atoms in total. The summed E-state index contributed by atoms with van der Waals surface area (Å²) in [7, 11) is 0. The van der Waals surface area contributed by atoms with Gasteiger partial charge in [-0.25, -0.2) is 0 Å². The Hall–Kier alpha value is -1.51. The van der Waals surface area contributed by atoms with Crippen molar-refractivity contribution in [2.75, 3.05) is 0 Å². The van der Waals surface area contributed by atoms with E-state index in [2.05, 4.69) is 0 Å². The molecule has 18 heavy (non-hydrogen) atoms. The van der Waals surface area contributed by atoms with Crippen molar-refractivity contribution in [1.82, 2.24) is 0 Å². The quantitative estimate of drug-likeness (QED) is 0.747. The normalized spacial score (nSPS) is 10.2. The van der Waals surface area contributed by atoms with E-state index in [1.807, 2.05) is 13.0 Å². The molecule has 0 aliphatic rings. The van der Waals surface area contributed by atoms with Crippen molar-refractivity contribution < 1.29 is 9.53 Å². The van der Waals surface area contributed by atoms with Gasteiger partial charge in [-0.3, -0.25) is 4.79 Å². The zero-order valence-corrected chi connectivity index (χ0v) is 11.1. The van der Waals surface area contributed by atoms with Crippen molar-refractivity contribution in [1.29, 1.82) is 0 Å². The van der Waals surface area contributed by atoms with Crippen LogP contribution < -0.4 is 4.74 Å². The molecule has 2 rings (SSSR count). The first kappa shape index (κ1) is 12.9. The summed E-state index contributed by atoms with van der Waals surface area (Å²) in [4.78, 5) is 10.6. The predicted molar refractivity (Wildman–Crippen MR) is 73.1 cm³/mol. The summed E-state index contributed by atoms with van der Waals surface area (Å²) >= 11 is 11.9. The average Bonchev–Trinajstić information content (AvgIpc) is 2.34. The first-order chi connectivity index (χ1) is 8.60. The van der Waals surface area contributed by atoms with E-state index in [4.69, 9.17) is 27.9 Å². The maximum atomic E-state index is 10.6. The molecule has 0 aliphatic carbocycles. The molecule has 0 aliphatic heterocycles. The minimum atomic E-state index is 0.369. The van der Waals surface area contributed by atoms with Crippen LogP contribution in [-0.2, 0) is 0 Å². The Morgan fingerprint density at radius 3 is 2.28 bits per heavy atom. The van der Waals surface area contributed by atoms with Crippen molar-refractivity contribution in [2.24, 2.45) is 0 Å². The van der Waals surface area contributed by atoms with E-state index in [1.54, 1.807) is 30.3 Å². The number of rotatable bonds is 3. The van der Waals surface area contributed by atoms with Gasteiger partial charge in [-0.05, 0) is 42.8 Å². The second-order valence-corrected chi connectivity index (χ2v) is 4.63. The van der Waals surface area contributed by atoms with Gasteiger partial charge in [0.15, 0.2) is 6.29 Å². The van der Waals surface area contributed by atoms with E-state index in [1.165, 1.54) is 0 Å². The number of hydrogen-bond donors (Lipinski definition) is 0. The van der Waals surface area contributed by atoms with Crippen molar-refractivity contribution in [3.63, 3.8) is 0 Å². The highest BCUT2D eigenvalue weighted by atomic mass is 35.5. The van der Waals surface area contributed by atoms with Crippen molar-refractivity contribution in [3.05, 3.63) is 57.6 Å².